The number of carbonyl (C=O) groups excluding carboxylic acids is 3. The number of rotatable bonds is 18. The smallest absolute Gasteiger partial charge is 0.249 e. The molecule has 0 aliphatic heterocycles. The van der Waals surface area contributed by atoms with Gasteiger partial charge in [0, 0.05) is 42.2 Å². The first-order chi connectivity index (χ1) is 27.1. The first kappa shape index (κ1) is 42.9. The quantitative estimate of drug-likeness (QED) is 0.138. The Hall–Kier alpha value is -1.71. The van der Waals surface area contributed by atoms with Crippen molar-refractivity contribution in [3.8, 4) is 0 Å². The third-order valence-corrected chi connectivity index (χ3v) is 14.4. The van der Waals surface area contributed by atoms with Crippen molar-refractivity contribution in [1.29, 1.82) is 0 Å². The van der Waals surface area contributed by atoms with E-state index in [1.165, 1.54) is 116 Å². The van der Waals surface area contributed by atoms with Crippen LogP contribution in [0.5, 0.6) is 0 Å². The highest BCUT2D eigenvalue weighted by Gasteiger charge is 2.35. The lowest BCUT2D eigenvalue weighted by Crippen LogP contribution is -2.50. The van der Waals surface area contributed by atoms with Crippen molar-refractivity contribution in [2.75, 3.05) is 39.6 Å². The molecular weight excluding hydrogens is 691 g/mol. The van der Waals surface area contributed by atoms with Gasteiger partial charge in [0.25, 0.3) is 0 Å². The molecule has 6 fully saturated rings. The molecule has 0 N–H and O–H groups in total. The Labute approximate surface area is 334 Å². The van der Waals surface area contributed by atoms with Crippen molar-refractivity contribution in [1.82, 2.24) is 14.7 Å². The second-order valence-electron chi connectivity index (χ2n) is 18.6. The molecule has 6 rings (SSSR count). The summed E-state index contributed by atoms with van der Waals surface area (Å²) in [5, 5.41) is 0. The first-order valence-electron chi connectivity index (χ1n) is 23.7. The van der Waals surface area contributed by atoms with Gasteiger partial charge in [-0.05, 0) is 77.0 Å². The first-order valence-corrected chi connectivity index (χ1v) is 23.7. The van der Waals surface area contributed by atoms with E-state index in [2.05, 4.69) is 14.7 Å². The highest BCUT2D eigenvalue weighted by atomic mass is 16.5. The Morgan fingerprint density at radius 3 is 0.691 bits per heavy atom. The van der Waals surface area contributed by atoms with E-state index < -0.39 is 0 Å². The fourth-order valence-corrected chi connectivity index (χ4v) is 11.6. The summed E-state index contributed by atoms with van der Waals surface area (Å²) < 4.78 is 18.8. The predicted molar refractivity (Wildman–Crippen MR) is 218 cm³/mol. The van der Waals surface area contributed by atoms with Crippen molar-refractivity contribution >= 4 is 17.7 Å². The van der Waals surface area contributed by atoms with Crippen molar-refractivity contribution in [2.24, 2.45) is 5.92 Å². The van der Waals surface area contributed by atoms with Gasteiger partial charge in [0.2, 0.25) is 17.7 Å². The van der Waals surface area contributed by atoms with Crippen LogP contribution in [0.2, 0.25) is 0 Å². The van der Waals surface area contributed by atoms with Crippen LogP contribution in [0.1, 0.15) is 193 Å². The van der Waals surface area contributed by atoms with Crippen LogP contribution < -0.4 is 0 Å². The van der Waals surface area contributed by atoms with E-state index in [1.54, 1.807) is 0 Å². The van der Waals surface area contributed by atoms with E-state index >= 15 is 0 Å². The Bertz CT molecular complexity index is 925. The second kappa shape index (κ2) is 23.6. The van der Waals surface area contributed by atoms with Crippen LogP contribution in [0.4, 0.5) is 0 Å². The molecule has 3 amide bonds. The van der Waals surface area contributed by atoms with Gasteiger partial charge in [0.15, 0.2) is 0 Å². The number of ether oxygens (including phenoxy) is 3. The number of hydrogen-bond acceptors (Lipinski definition) is 6. The summed E-state index contributed by atoms with van der Waals surface area (Å²) in [6.07, 6.45) is 35.3. The minimum Gasteiger partial charge on any atom is -0.371 e. The molecule has 0 heterocycles. The highest BCUT2D eigenvalue weighted by Crippen LogP contribution is 2.33. The monoisotopic (exact) mass is 770 g/mol. The topological polar surface area (TPSA) is 88.6 Å². The molecule has 6 saturated carbocycles. The lowest BCUT2D eigenvalue weighted by Gasteiger charge is -2.42. The van der Waals surface area contributed by atoms with Gasteiger partial charge in [-0.15, -0.1) is 0 Å². The maximum atomic E-state index is 13.9. The van der Waals surface area contributed by atoms with Crippen LogP contribution in [0.25, 0.3) is 0 Å². The molecule has 6 aliphatic carbocycles. The summed E-state index contributed by atoms with van der Waals surface area (Å²) in [6.45, 7) is 1.12. The lowest BCUT2D eigenvalue weighted by molar-refractivity contribution is -0.146. The van der Waals surface area contributed by atoms with Gasteiger partial charge in [-0.2, -0.15) is 0 Å². The molecule has 0 aromatic carbocycles. The highest BCUT2D eigenvalue weighted by molar-refractivity contribution is 5.79. The second-order valence-corrected chi connectivity index (χ2v) is 18.6. The molecule has 0 bridgehead atoms. The van der Waals surface area contributed by atoms with Gasteiger partial charge in [-0.3, -0.25) is 14.4 Å². The predicted octanol–water partition coefficient (Wildman–Crippen LogP) is 9.13. The van der Waals surface area contributed by atoms with Gasteiger partial charge in [-0.1, -0.05) is 116 Å². The molecule has 314 valence electrons. The van der Waals surface area contributed by atoms with Crippen molar-refractivity contribution in [3.63, 3.8) is 0 Å². The summed E-state index contributed by atoms with van der Waals surface area (Å²) in [5.41, 5.74) is 0. The molecule has 0 spiro atoms. The number of carbonyl (C=O) groups is 3. The summed E-state index contributed by atoms with van der Waals surface area (Å²) in [4.78, 5) is 48.4. The normalized spacial score (nSPS) is 23.5. The molecule has 0 aromatic rings. The van der Waals surface area contributed by atoms with E-state index in [1.807, 2.05) is 0 Å². The van der Waals surface area contributed by atoms with Crippen molar-refractivity contribution in [2.45, 2.75) is 229 Å². The fraction of sp³-hybridized carbons (Fsp3) is 0.935. The van der Waals surface area contributed by atoms with Crippen molar-refractivity contribution < 1.29 is 28.6 Å². The maximum Gasteiger partial charge on any atom is 0.249 e. The standard InChI is InChI=1S/C46H79N3O6/c50-44(47(38-19-7-1-8-20-38)39-21-9-2-10-22-39)34-53-31-37(32-54-35-45(51)48(40-23-11-3-12-24-40)41-25-13-4-14-26-41)33-55-36-46(52)49(42-27-15-5-16-28-42)43-29-17-6-18-30-43/h37-43H,1-36H2. The SMILES string of the molecule is O=C(COCC(COCC(=O)N(C1CCCCC1)C1CCCCC1)COCC(=O)N(C1CCCCC1)C1CCCCC1)N(C1CCCCC1)C1CCCCC1. The molecule has 9 nitrogen and oxygen atoms in total. The Morgan fingerprint density at radius 2 is 0.509 bits per heavy atom. The van der Waals surface area contributed by atoms with Gasteiger partial charge in [-0.25, -0.2) is 0 Å². The van der Waals surface area contributed by atoms with Crippen LogP contribution in [0.15, 0.2) is 0 Å². The van der Waals surface area contributed by atoms with Crippen molar-refractivity contribution in [3.05, 3.63) is 0 Å². The minimum atomic E-state index is -0.179. The maximum absolute atomic E-state index is 13.9. The van der Waals surface area contributed by atoms with Crippen LogP contribution in [-0.4, -0.2) is 108 Å². The molecule has 6 aliphatic rings. The third-order valence-electron chi connectivity index (χ3n) is 14.4. The zero-order chi connectivity index (χ0) is 38.1. The average Bonchev–Trinajstić information content (AvgIpc) is 3.23. The average molecular weight is 770 g/mol. The molecule has 0 aromatic heterocycles. The summed E-state index contributed by atoms with van der Waals surface area (Å²) in [7, 11) is 0. The molecule has 55 heavy (non-hydrogen) atoms. The third kappa shape index (κ3) is 13.1. The van der Waals surface area contributed by atoms with E-state index in [-0.39, 0.29) is 43.5 Å². The number of nitrogens with zero attached hydrogens (tertiary/aromatic N) is 3. The van der Waals surface area contributed by atoms with Gasteiger partial charge in [0.05, 0.1) is 19.8 Å². The van der Waals surface area contributed by atoms with Gasteiger partial charge in [0.1, 0.15) is 19.8 Å². The number of hydrogen-bond donors (Lipinski definition) is 0. The van der Waals surface area contributed by atoms with Gasteiger partial charge >= 0.3 is 0 Å². The van der Waals surface area contributed by atoms with E-state index in [4.69, 9.17) is 14.2 Å². The Morgan fingerprint density at radius 1 is 0.327 bits per heavy atom. The Balaban J connectivity index is 1.06. The summed E-state index contributed by atoms with van der Waals surface area (Å²) in [6, 6.07) is 2.00. The zero-order valence-electron chi connectivity index (χ0n) is 34.8. The van der Waals surface area contributed by atoms with E-state index in [0.29, 0.717) is 56.1 Å². The molecular formula is C46H79N3O6. The largest absolute Gasteiger partial charge is 0.371 e. The van der Waals surface area contributed by atoms with Crippen LogP contribution in [0.3, 0.4) is 0 Å². The number of amides is 3. The summed E-state index contributed by atoms with van der Waals surface area (Å²) >= 11 is 0. The van der Waals surface area contributed by atoms with Crippen LogP contribution >= 0.6 is 0 Å². The van der Waals surface area contributed by atoms with Gasteiger partial charge < -0.3 is 28.9 Å². The summed E-state index contributed by atoms with van der Waals surface area (Å²) in [5.74, 6) is 0.185. The molecule has 0 saturated heterocycles. The van der Waals surface area contributed by atoms with E-state index in [0.717, 1.165) is 77.0 Å². The van der Waals surface area contributed by atoms with E-state index in [9.17, 15) is 14.4 Å². The fourth-order valence-electron chi connectivity index (χ4n) is 11.6. The minimum absolute atomic E-state index is 0.0651. The lowest BCUT2D eigenvalue weighted by atomic mass is 9.88. The molecule has 9 heteroatoms. The zero-order valence-corrected chi connectivity index (χ0v) is 34.8. The molecule has 0 atom stereocenters. The molecule has 0 unspecified atom stereocenters. The van der Waals surface area contributed by atoms with Crippen LogP contribution in [0, 0.1) is 5.92 Å². The van der Waals surface area contributed by atoms with Crippen LogP contribution in [-0.2, 0) is 28.6 Å². The Kier molecular flexibility index (Phi) is 18.4. The molecule has 0 radical (unpaired) electrons.